The van der Waals surface area contributed by atoms with E-state index in [1.54, 1.807) is 0 Å². The van der Waals surface area contributed by atoms with Crippen molar-refractivity contribution in [1.82, 2.24) is 0 Å². The Bertz CT molecular complexity index is 291. The van der Waals surface area contributed by atoms with E-state index >= 15 is 0 Å². The molecule has 0 N–H and O–H groups in total. The third-order valence-corrected chi connectivity index (χ3v) is 1.43. The van der Waals surface area contributed by atoms with Crippen LogP contribution in [0.15, 0.2) is 24.3 Å². The summed E-state index contributed by atoms with van der Waals surface area (Å²) in [6, 6.07) is 7.97. The summed E-state index contributed by atoms with van der Waals surface area (Å²) >= 11 is 0. The Balaban J connectivity index is 2.97. The van der Waals surface area contributed by atoms with Gasteiger partial charge in [-0.2, -0.15) is 0 Å². The molecule has 52 valence electrons. The Hall–Kier alpha value is -1.16. The molecular weight excluding hydrogens is 131 g/mol. The fourth-order valence-electron chi connectivity index (χ4n) is 0.920. The van der Waals surface area contributed by atoms with E-state index in [0.29, 0.717) is 6.32 Å². The molecule has 0 atom stereocenters. The third-order valence-electron chi connectivity index (χ3n) is 1.43. The number of hydrogen-bond acceptors (Lipinski definition) is 0. The van der Waals surface area contributed by atoms with Crippen molar-refractivity contribution in [2.75, 3.05) is 0 Å². The Kier molecular flexibility index (Phi) is 2.80. The molecular formula is C10H9B. The molecule has 0 aliphatic carbocycles. The summed E-state index contributed by atoms with van der Waals surface area (Å²) in [6.07, 6.45) is 0.583. The first-order valence-electron chi connectivity index (χ1n) is 3.58. The molecule has 0 saturated carbocycles. The van der Waals surface area contributed by atoms with Crippen molar-refractivity contribution >= 4 is 7.85 Å². The molecule has 0 aliphatic heterocycles. The molecule has 0 saturated heterocycles. The van der Waals surface area contributed by atoms with Crippen LogP contribution < -0.4 is 0 Å². The van der Waals surface area contributed by atoms with Crippen molar-refractivity contribution in [3.8, 4) is 11.8 Å². The van der Waals surface area contributed by atoms with Gasteiger partial charge in [-0.15, -0.1) is 5.92 Å². The summed E-state index contributed by atoms with van der Waals surface area (Å²) in [6.45, 7) is 1.83. The molecule has 1 aromatic carbocycles. The zero-order valence-corrected chi connectivity index (χ0v) is 6.59. The summed E-state index contributed by atoms with van der Waals surface area (Å²) in [4.78, 5) is 0. The lowest BCUT2D eigenvalue weighted by Crippen LogP contribution is -1.83. The molecule has 11 heavy (non-hydrogen) atoms. The van der Waals surface area contributed by atoms with E-state index < -0.39 is 0 Å². The normalized spacial score (nSPS) is 8.45. The van der Waals surface area contributed by atoms with Gasteiger partial charge in [0, 0.05) is 5.56 Å². The van der Waals surface area contributed by atoms with Gasteiger partial charge in [0.15, 0.2) is 0 Å². The minimum Gasteiger partial charge on any atom is -0.101 e. The van der Waals surface area contributed by atoms with Crippen LogP contribution in [0.4, 0.5) is 0 Å². The minimum atomic E-state index is 0.583. The maximum Gasteiger partial charge on any atom is 0.0716 e. The summed E-state index contributed by atoms with van der Waals surface area (Å²) in [5.41, 5.74) is 2.17. The molecule has 1 heteroatoms. The average molecular weight is 140 g/mol. The van der Waals surface area contributed by atoms with Gasteiger partial charge in [0.1, 0.15) is 0 Å². The molecule has 0 aromatic heterocycles. The van der Waals surface area contributed by atoms with Crippen LogP contribution in [0.3, 0.4) is 0 Å². The van der Waals surface area contributed by atoms with Crippen LogP contribution in [-0.4, -0.2) is 7.85 Å². The summed E-state index contributed by atoms with van der Waals surface area (Å²) in [5.74, 6) is 5.82. The maximum atomic E-state index is 5.47. The Morgan fingerprint density at radius 2 is 2.27 bits per heavy atom. The zero-order chi connectivity index (χ0) is 8.10. The van der Waals surface area contributed by atoms with Gasteiger partial charge < -0.3 is 0 Å². The molecule has 2 radical (unpaired) electrons. The van der Waals surface area contributed by atoms with Gasteiger partial charge in [0.05, 0.1) is 7.85 Å². The molecule has 1 rings (SSSR count). The van der Waals surface area contributed by atoms with Crippen molar-refractivity contribution in [2.24, 2.45) is 0 Å². The van der Waals surface area contributed by atoms with Gasteiger partial charge in [-0.1, -0.05) is 29.9 Å². The van der Waals surface area contributed by atoms with Crippen molar-refractivity contribution in [3.63, 3.8) is 0 Å². The van der Waals surface area contributed by atoms with E-state index in [-0.39, 0.29) is 0 Å². The lowest BCUT2D eigenvalue weighted by atomic mass is 9.96. The van der Waals surface area contributed by atoms with Crippen LogP contribution in [0.1, 0.15) is 18.1 Å². The monoisotopic (exact) mass is 140 g/mol. The topological polar surface area (TPSA) is 0 Å². The standard InChI is InChI=1S/C10H9B/c1-2-4-9-5-3-6-10(7-9)8-11/h3,5-7H,8H2,1H3. The molecule has 0 aliphatic rings. The molecule has 0 unspecified atom stereocenters. The average Bonchev–Trinajstić information content (AvgIpc) is 2.06. The van der Waals surface area contributed by atoms with Gasteiger partial charge in [-0.05, 0) is 19.1 Å². The predicted octanol–water partition coefficient (Wildman–Crippen LogP) is 1.73. The first-order chi connectivity index (χ1) is 5.36. The highest BCUT2D eigenvalue weighted by molar-refractivity contribution is 6.08. The molecule has 0 fully saturated rings. The Morgan fingerprint density at radius 1 is 1.45 bits per heavy atom. The lowest BCUT2D eigenvalue weighted by Gasteiger charge is -1.95. The molecule has 0 heterocycles. The number of hydrogen-bond donors (Lipinski definition) is 0. The second-order valence-electron chi connectivity index (χ2n) is 2.28. The van der Waals surface area contributed by atoms with Gasteiger partial charge >= 0.3 is 0 Å². The highest BCUT2D eigenvalue weighted by Crippen LogP contribution is 2.02. The summed E-state index contributed by atoms with van der Waals surface area (Å²) < 4.78 is 0. The van der Waals surface area contributed by atoms with E-state index in [0.717, 1.165) is 11.1 Å². The quantitative estimate of drug-likeness (QED) is 0.411. The van der Waals surface area contributed by atoms with Gasteiger partial charge in [-0.3, -0.25) is 0 Å². The van der Waals surface area contributed by atoms with Gasteiger partial charge in [0.25, 0.3) is 0 Å². The first kappa shape index (κ1) is 7.95. The van der Waals surface area contributed by atoms with Crippen molar-refractivity contribution in [2.45, 2.75) is 13.2 Å². The molecule has 0 nitrogen and oxygen atoms in total. The first-order valence-corrected chi connectivity index (χ1v) is 3.58. The fraction of sp³-hybridized carbons (Fsp3) is 0.200. The van der Waals surface area contributed by atoms with E-state index in [4.69, 9.17) is 7.85 Å². The second-order valence-corrected chi connectivity index (χ2v) is 2.28. The largest absolute Gasteiger partial charge is 0.101 e. The van der Waals surface area contributed by atoms with E-state index in [1.807, 2.05) is 31.2 Å². The zero-order valence-electron chi connectivity index (χ0n) is 6.59. The van der Waals surface area contributed by atoms with Crippen LogP contribution >= 0.6 is 0 Å². The van der Waals surface area contributed by atoms with Crippen LogP contribution in [0.5, 0.6) is 0 Å². The maximum absolute atomic E-state index is 5.47. The summed E-state index contributed by atoms with van der Waals surface area (Å²) in [5, 5.41) is 0. The number of benzene rings is 1. The molecule has 0 bridgehead atoms. The predicted molar refractivity (Wildman–Crippen MR) is 48.5 cm³/mol. The van der Waals surface area contributed by atoms with E-state index in [1.165, 1.54) is 0 Å². The van der Waals surface area contributed by atoms with Gasteiger partial charge in [0.2, 0.25) is 0 Å². The third kappa shape index (κ3) is 2.16. The Labute approximate surface area is 69.0 Å². The molecule has 0 spiro atoms. The second kappa shape index (κ2) is 3.88. The highest BCUT2D eigenvalue weighted by Gasteiger charge is 1.88. The van der Waals surface area contributed by atoms with Gasteiger partial charge in [-0.25, -0.2) is 0 Å². The number of rotatable bonds is 1. The highest BCUT2D eigenvalue weighted by atomic mass is 13.9. The lowest BCUT2D eigenvalue weighted by molar-refractivity contribution is 1.39. The van der Waals surface area contributed by atoms with Crippen molar-refractivity contribution in [1.29, 1.82) is 0 Å². The molecule has 0 amide bonds. The molecule has 1 aromatic rings. The Morgan fingerprint density at radius 3 is 2.91 bits per heavy atom. The van der Waals surface area contributed by atoms with Crippen molar-refractivity contribution in [3.05, 3.63) is 35.4 Å². The fourth-order valence-corrected chi connectivity index (χ4v) is 0.920. The van der Waals surface area contributed by atoms with Crippen LogP contribution in [0.2, 0.25) is 0 Å². The SMILES string of the molecule is [B]Cc1cccc(C#CC)c1. The van der Waals surface area contributed by atoms with Crippen LogP contribution in [0, 0.1) is 11.8 Å². The van der Waals surface area contributed by atoms with Crippen LogP contribution in [-0.2, 0) is 6.32 Å². The smallest absolute Gasteiger partial charge is 0.0716 e. The van der Waals surface area contributed by atoms with Crippen LogP contribution in [0.25, 0.3) is 0 Å². The minimum absolute atomic E-state index is 0.583. The summed E-state index contributed by atoms with van der Waals surface area (Å²) in [7, 11) is 5.47. The van der Waals surface area contributed by atoms with Crippen molar-refractivity contribution < 1.29 is 0 Å². The van der Waals surface area contributed by atoms with E-state index in [9.17, 15) is 0 Å². The van der Waals surface area contributed by atoms with E-state index in [2.05, 4.69) is 11.8 Å².